The van der Waals surface area contributed by atoms with Crippen LogP contribution >= 0.6 is 0 Å². The van der Waals surface area contributed by atoms with Crippen LogP contribution in [0, 0.1) is 23.7 Å². The van der Waals surface area contributed by atoms with Crippen molar-refractivity contribution in [2.45, 2.75) is 374 Å². The number of rotatable bonds is 72. The number of unbranched alkanes of at least 4 members (excludes halogenated alkanes) is 16. The second-order valence-electron chi connectivity index (χ2n) is 30.1. The van der Waals surface area contributed by atoms with Gasteiger partial charge in [-0.15, -0.1) is 0 Å². The SMILES string of the molecule is CCCCCC(CCCCC)CCOC(=O)CC(O)CN(CCOC(=O)CCC1NC(=O)C(CCC(=O)OCCN(CC(O)CC(=O)OCCC(CCCCC)CCCCC)CC(O)CC(=O)OCCC(CCCCC)CCCCC)NC1=O)CC(O)CC(=O)OCCC(CCCCC)CCCCC. The molecule has 0 saturated carbocycles. The zero-order valence-corrected chi connectivity index (χ0v) is 66.8. The molecule has 22 heteroatoms. The number of hydrogen-bond donors (Lipinski definition) is 6. The fraction of sp³-hybridized carbons (Fsp3) is 0.902. The van der Waals surface area contributed by atoms with Crippen molar-refractivity contribution in [3.63, 3.8) is 0 Å². The van der Waals surface area contributed by atoms with Crippen LogP contribution < -0.4 is 10.6 Å². The zero-order valence-electron chi connectivity index (χ0n) is 66.8. The average Bonchev–Trinajstić information content (AvgIpc) is 0.843. The van der Waals surface area contributed by atoms with Crippen LogP contribution in [0.3, 0.4) is 0 Å². The summed E-state index contributed by atoms with van der Waals surface area (Å²) >= 11 is 0. The zero-order chi connectivity index (χ0) is 76.8. The summed E-state index contributed by atoms with van der Waals surface area (Å²) in [6.07, 6.45) is 32.3. The molecule has 0 bridgehead atoms. The van der Waals surface area contributed by atoms with Crippen molar-refractivity contribution in [3.05, 3.63) is 0 Å². The van der Waals surface area contributed by atoms with Crippen molar-refractivity contribution in [2.24, 2.45) is 23.7 Å². The van der Waals surface area contributed by atoms with Gasteiger partial charge in [0.15, 0.2) is 0 Å². The van der Waals surface area contributed by atoms with Gasteiger partial charge in [-0.2, -0.15) is 0 Å². The van der Waals surface area contributed by atoms with Gasteiger partial charge in [0.05, 0.1) is 76.5 Å². The van der Waals surface area contributed by atoms with Crippen LogP contribution in [0.5, 0.6) is 0 Å². The van der Waals surface area contributed by atoms with Gasteiger partial charge in [-0.25, -0.2) is 0 Å². The third kappa shape index (κ3) is 54.2. The van der Waals surface area contributed by atoms with Gasteiger partial charge in [-0.05, 0) is 62.2 Å². The molecule has 1 heterocycles. The Hall–Kier alpha value is -4.48. The van der Waals surface area contributed by atoms with Crippen molar-refractivity contribution >= 4 is 47.6 Å². The highest BCUT2D eigenvalue weighted by molar-refractivity contribution is 5.97. The lowest BCUT2D eigenvalue weighted by Crippen LogP contribution is -2.61. The number of carbonyl (C=O) groups excluding carboxylic acids is 8. The molecular formula is C82H152N4O18. The van der Waals surface area contributed by atoms with Gasteiger partial charge < -0.3 is 59.5 Å². The monoisotopic (exact) mass is 1480 g/mol. The second kappa shape index (κ2) is 65.6. The fourth-order valence-corrected chi connectivity index (χ4v) is 13.9. The van der Waals surface area contributed by atoms with Gasteiger partial charge in [-0.3, -0.25) is 48.2 Å². The Morgan fingerprint density at radius 2 is 0.510 bits per heavy atom. The van der Waals surface area contributed by atoms with Gasteiger partial charge in [0.1, 0.15) is 25.3 Å². The summed E-state index contributed by atoms with van der Waals surface area (Å²) in [4.78, 5) is 108. The molecule has 22 nitrogen and oxygen atoms in total. The van der Waals surface area contributed by atoms with Gasteiger partial charge in [0.25, 0.3) is 0 Å². The summed E-state index contributed by atoms with van der Waals surface area (Å²) < 4.78 is 33.5. The first-order valence-corrected chi connectivity index (χ1v) is 41.9. The molecule has 2 amide bonds. The van der Waals surface area contributed by atoms with E-state index < -0.39 is 84.1 Å². The molecule has 1 aliphatic heterocycles. The summed E-state index contributed by atoms with van der Waals surface area (Å²) in [6.45, 7) is 17.7. The van der Waals surface area contributed by atoms with E-state index in [4.69, 9.17) is 28.4 Å². The number of aliphatic hydroxyl groups is 4. The predicted molar refractivity (Wildman–Crippen MR) is 409 cm³/mol. The van der Waals surface area contributed by atoms with E-state index in [0.29, 0.717) is 23.7 Å². The van der Waals surface area contributed by atoms with Crippen molar-refractivity contribution in [2.75, 3.05) is 78.9 Å². The van der Waals surface area contributed by atoms with E-state index in [2.05, 4.69) is 66.0 Å². The number of nitrogens with one attached hydrogen (secondary N) is 2. The Labute approximate surface area is 629 Å². The number of amides is 2. The Morgan fingerprint density at radius 3 is 0.712 bits per heavy atom. The number of hydrogen-bond acceptors (Lipinski definition) is 20. The Bertz CT molecular complexity index is 1900. The molecule has 1 saturated heterocycles. The Balaban J connectivity index is 2.96. The van der Waals surface area contributed by atoms with E-state index in [9.17, 15) is 58.8 Å². The molecule has 0 aromatic rings. The Morgan fingerprint density at radius 1 is 0.308 bits per heavy atom. The molecule has 0 aromatic heterocycles. The lowest BCUT2D eigenvalue weighted by molar-refractivity contribution is -0.149. The maximum absolute atomic E-state index is 13.3. The van der Waals surface area contributed by atoms with Crippen molar-refractivity contribution in [1.29, 1.82) is 0 Å². The van der Waals surface area contributed by atoms with Crippen LogP contribution in [-0.4, -0.2) is 193 Å². The number of ether oxygens (including phenoxy) is 6. The van der Waals surface area contributed by atoms with E-state index >= 15 is 0 Å². The van der Waals surface area contributed by atoms with Gasteiger partial charge >= 0.3 is 35.8 Å². The highest BCUT2D eigenvalue weighted by Crippen LogP contribution is 2.26. The topological polar surface area (TPSA) is 303 Å². The van der Waals surface area contributed by atoms with Gasteiger partial charge in [-0.1, -0.05) is 261 Å². The molecule has 6 N–H and O–H groups in total. The first-order valence-electron chi connectivity index (χ1n) is 41.9. The highest BCUT2D eigenvalue weighted by atomic mass is 16.6. The molecule has 0 aromatic carbocycles. The quantitative estimate of drug-likeness (QED) is 0.0187. The predicted octanol–water partition coefficient (Wildman–Crippen LogP) is 14.1. The molecule has 104 heavy (non-hydrogen) atoms. The third-order valence-electron chi connectivity index (χ3n) is 20.3. The minimum Gasteiger partial charge on any atom is -0.466 e. The third-order valence-corrected chi connectivity index (χ3v) is 20.3. The molecule has 1 aliphatic rings. The van der Waals surface area contributed by atoms with Crippen molar-refractivity contribution in [3.8, 4) is 0 Å². The molecule has 0 spiro atoms. The molecule has 608 valence electrons. The molecule has 1 rings (SSSR count). The van der Waals surface area contributed by atoms with Crippen LogP contribution in [-0.2, 0) is 66.8 Å². The van der Waals surface area contributed by atoms with Crippen LogP contribution in [0.4, 0.5) is 0 Å². The largest absolute Gasteiger partial charge is 0.466 e. The van der Waals surface area contributed by atoms with Crippen LogP contribution in [0.1, 0.15) is 338 Å². The fourth-order valence-electron chi connectivity index (χ4n) is 13.9. The van der Waals surface area contributed by atoms with E-state index in [1.807, 2.05) is 0 Å². The smallest absolute Gasteiger partial charge is 0.308 e. The number of carbonyl (C=O) groups is 8. The maximum Gasteiger partial charge on any atom is 0.308 e. The summed E-state index contributed by atoms with van der Waals surface area (Å²) in [5.41, 5.74) is 0. The lowest BCUT2D eigenvalue weighted by Gasteiger charge is -2.29. The Kier molecular flexibility index (Phi) is 61.5. The number of nitrogens with zero attached hydrogens (tertiary/aromatic N) is 2. The summed E-state index contributed by atoms with van der Waals surface area (Å²) in [6, 6.07) is -2.16. The van der Waals surface area contributed by atoms with E-state index in [-0.39, 0.29) is 130 Å². The molecule has 0 aliphatic carbocycles. The standard InChI is InChI=1S/C82H152N4O18/c1-9-17-25-33-65(34-26-18-10-2)45-51-99-77(93)57-69(87)61-85(62-70(88)58-78(94)100-52-46-66(35-27-19-11-3)36-28-20-12-4)49-55-103-75(91)43-41-73-81(97)84-74(82(98)83-73)42-44-76(92)104-56-50-86(63-71(89)59-79(95)101-53-47-67(37-29-21-13-5)38-30-22-14-6)64-72(90)60-80(96)102-54-48-68(39-31-23-15-7)40-32-24-16-8/h65-74,87-90H,9-64H2,1-8H3,(H,83,98)(H,84,97). The van der Waals surface area contributed by atoms with E-state index in [1.165, 1.54) is 0 Å². The molecule has 6 atom stereocenters. The molecule has 6 unspecified atom stereocenters. The van der Waals surface area contributed by atoms with Crippen molar-refractivity contribution in [1.82, 2.24) is 20.4 Å². The minimum atomic E-state index is -1.20. The number of piperazine rings is 1. The molecule has 1 fully saturated rings. The number of aliphatic hydroxyl groups excluding tert-OH is 4. The minimum absolute atomic E-state index is 0.0158. The van der Waals surface area contributed by atoms with Crippen LogP contribution in [0.2, 0.25) is 0 Å². The normalized spacial score (nSPS) is 15.2. The van der Waals surface area contributed by atoms with Crippen LogP contribution in [0.25, 0.3) is 0 Å². The summed E-state index contributed by atoms with van der Waals surface area (Å²) in [5.74, 6) is -2.87. The second-order valence-corrected chi connectivity index (χ2v) is 30.1. The molecule has 0 radical (unpaired) electrons. The first kappa shape index (κ1) is 97.5. The first-order chi connectivity index (χ1) is 50.2. The van der Waals surface area contributed by atoms with Crippen molar-refractivity contribution < 1.29 is 87.2 Å². The van der Waals surface area contributed by atoms with E-state index in [0.717, 1.165) is 231 Å². The lowest BCUT2D eigenvalue weighted by atomic mass is 9.92. The maximum atomic E-state index is 13.3. The molecular weight excluding hydrogens is 1330 g/mol. The van der Waals surface area contributed by atoms with Gasteiger partial charge in [0.2, 0.25) is 11.8 Å². The van der Waals surface area contributed by atoms with Crippen LogP contribution in [0.15, 0.2) is 0 Å². The number of esters is 6. The average molecular weight is 1480 g/mol. The highest BCUT2D eigenvalue weighted by Gasteiger charge is 2.35. The van der Waals surface area contributed by atoms with E-state index in [1.54, 1.807) is 9.80 Å². The van der Waals surface area contributed by atoms with Gasteiger partial charge in [0, 0.05) is 52.1 Å². The summed E-state index contributed by atoms with van der Waals surface area (Å²) in [5, 5.41) is 50.0. The summed E-state index contributed by atoms with van der Waals surface area (Å²) in [7, 11) is 0.